The van der Waals surface area contributed by atoms with Gasteiger partial charge in [-0.1, -0.05) is 0 Å². The van der Waals surface area contributed by atoms with Crippen molar-refractivity contribution in [1.82, 2.24) is 9.82 Å². The molecule has 2 N–H and O–H groups in total. The van der Waals surface area contributed by atoms with Gasteiger partial charge in [0, 0.05) is 13.2 Å². The van der Waals surface area contributed by atoms with Gasteiger partial charge in [-0.25, -0.2) is 14.2 Å². The summed E-state index contributed by atoms with van der Waals surface area (Å²) in [5.74, 6) is -0.00459. The maximum atomic E-state index is 12.7. The monoisotopic (exact) mass is 301 g/mol. The van der Waals surface area contributed by atoms with Crippen LogP contribution in [-0.4, -0.2) is 30.1 Å². The molecule has 1 aromatic rings. The van der Waals surface area contributed by atoms with Crippen LogP contribution in [0.15, 0.2) is 18.3 Å². The fourth-order valence-corrected chi connectivity index (χ4v) is 2.37. The normalized spacial score (nSPS) is 17.7. The van der Waals surface area contributed by atoms with Gasteiger partial charge in [-0.15, -0.1) is 0 Å². The highest BCUT2D eigenvalue weighted by atomic mass is 35.5. The molecule has 1 unspecified atom stereocenters. The first-order valence-electron chi connectivity index (χ1n) is 6.55. The topological polar surface area (TPSA) is 63.2 Å². The molecule has 110 valence electrons. The summed E-state index contributed by atoms with van der Waals surface area (Å²) in [5, 5.41) is 2.61. The SMILES string of the molecule is O=C(Nc1ccc(F)cn1)C(CC1CCOCC1)NCl. The molecule has 1 atom stereocenters. The van der Waals surface area contributed by atoms with Crippen LogP contribution in [-0.2, 0) is 9.53 Å². The fraction of sp³-hybridized carbons (Fsp3) is 0.538. The number of ether oxygens (including phenoxy) is 1. The van der Waals surface area contributed by atoms with E-state index in [1.165, 1.54) is 12.1 Å². The average Bonchev–Trinajstić information content (AvgIpc) is 2.48. The van der Waals surface area contributed by atoms with Gasteiger partial charge in [0.1, 0.15) is 17.7 Å². The standard InChI is InChI=1S/C13H17ClFN3O2/c14-18-11(7-9-3-5-20-6-4-9)13(19)17-12-2-1-10(15)8-16-12/h1-2,8-9,11,18H,3-7H2,(H,16,17,19). The Kier molecular flexibility index (Phi) is 5.70. The van der Waals surface area contributed by atoms with E-state index in [0.29, 0.717) is 18.2 Å². The first kappa shape index (κ1) is 15.2. The van der Waals surface area contributed by atoms with Gasteiger partial charge in [0.15, 0.2) is 0 Å². The van der Waals surface area contributed by atoms with Gasteiger partial charge in [-0.05, 0) is 49.1 Å². The molecule has 0 aliphatic carbocycles. The van der Waals surface area contributed by atoms with Gasteiger partial charge >= 0.3 is 0 Å². The van der Waals surface area contributed by atoms with Crippen molar-refractivity contribution in [3.63, 3.8) is 0 Å². The van der Waals surface area contributed by atoms with Crippen molar-refractivity contribution in [2.24, 2.45) is 5.92 Å². The molecule has 2 heterocycles. The number of carbonyl (C=O) groups excluding carboxylic acids is 1. The minimum Gasteiger partial charge on any atom is -0.381 e. The number of nitrogens with zero attached hydrogens (tertiary/aromatic N) is 1. The van der Waals surface area contributed by atoms with Crippen molar-refractivity contribution in [1.29, 1.82) is 0 Å². The van der Waals surface area contributed by atoms with E-state index in [2.05, 4.69) is 15.1 Å². The molecule has 1 fully saturated rings. The highest BCUT2D eigenvalue weighted by molar-refractivity contribution is 6.15. The van der Waals surface area contributed by atoms with Crippen LogP contribution in [0.25, 0.3) is 0 Å². The third-order valence-corrected chi connectivity index (χ3v) is 3.60. The number of nitrogens with one attached hydrogen (secondary N) is 2. The lowest BCUT2D eigenvalue weighted by Crippen LogP contribution is -2.38. The van der Waals surface area contributed by atoms with Crippen LogP contribution in [0.5, 0.6) is 0 Å². The molecule has 1 aliphatic rings. The molecule has 7 heteroatoms. The van der Waals surface area contributed by atoms with Gasteiger partial charge in [0.25, 0.3) is 0 Å². The zero-order valence-corrected chi connectivity index (χ0v) is 11.7. The first-order chi connectivity index (χ1) is 9.69. The number of halogens is 2. The Labute approximate surface area is 122 Å². The van der Waals surface area contributed by atoms with E-state index < -0.39 is 11.9 Å². The van der Waals surface area contributed by atoms with Crippen molar-refractivity contribution >= 4 is 23.5 Å². The quantitative estimate of drug-likeness (QED) is 0.818. The highest BCUT2D eigenvalue weighted by Crippen LogP contribution is 2.21. The van der Waals surface area contributed by atoms with Crippen LogP contribution in [0, 0.1) is 11.7 Å². The van der Waals surface area contributed by atoms with E-state index in [9.17, 15) is 9.18 Å². The zero-order chi connectivity index (χ0) is 14.4. The number of amides is 1. The molecular weight excluding hydrogens is 285 g/mol. The highest BCUT2D eigenvalue weighted by Gasteiger charge is 2.24. The number of rotatable bonds is 5. The third kappa shape index (κ3) is 4.40. The minimum absolute atomic E-state index is 0.273. The Morgan fingerprint density at radius 2 is 2.25 bits per heavy atom. The molecule has 1 aromatic heterocycles. The molecule has 0 spiro atoms. The van der Waals surface area contributed by atoms with Crippen LogP contribution in [0.2, 0.25) is 0 Å². The number of pyridine rings is 1. The van der Waals surface area contributed by atoms with Crippen molar-refractivity contribution in [2.45, 2.75) is 25.3 Å². The number of hydrogen-bond donors (Lipinski definition) is 2. The molecule has 20 heavy (non-hydrogen) atoms. The van der Waals surface area contributed by atoms with Crippen molar-refractivity contribution in [3.8, 4) is 0 Å². The van der Waals surface area contributed by atoms with Gasteiger partial charge < -0.3 is 10.1 Å². The predicted molar refractivity (Wildman–Crippen MR) is 73.8 cm³/mol. The molecule has 0 aromatic carbocycles. The van der Waals surface area contributed by atoms with Crippen LogP contribution in [0.4, 0.5) is 10.2 Å². The first-order valence-corrected chi connectivity index (χ1v) is 6.93. The van der Waals surface area contributed by atoms with Gasteiger partial charge in [-0.2, -0.15) is 0 Å². The molecule has 0 bridgehead atoms. The molecule has 2 rings (SSSR count). The Balaban J connectivity index is 1.89. The van der Waals surface area contributed by atoms with E-state index >= 15 is 0 Å². The van der Waals surface area contributed by atoms with Crippen LogP contribution in [0.1, 0.15) is 19.3 Å². The second-order valence-corrected chi connectivity index (χ2v) is 5.02. The van der Waals surface area contributed by atoms with Crippen molar-refractivity contribution in [2.75, 3.05) is 18.5 Å². The second kappa shape index (κ2) is 7.52. The molecular formula is C13H17ClFN3O2. The van der Waals surface area contributed by atoms with E-state index in [1.54, 1.807) is 0 Å². The molecule has 1 aliphatic heterocycles. The van der Waals surface area contributed by atoms with E-state index in [-0.39, 0.29) is 5.91 Å². The number of aromatic nitrogens is 1. The Morgan fingerprint density at radius 1 is 1.50 bits per heavy atom. The van der Waals surface area contributed by atoms with Gasteiger partial charge in [0.05, 0.1) is 6.20 Å². The fourth-order valence-electron chi connectivity index (χ4n) is 2.18. The lowest BCUT2D eigenvalue weighted by atomic mass is 9.92. The summed E-state index contributed by atoms with van der Waals surface area (Å²) in [7, 11) is 0. The third-order valence-electron chi connectivity index (χ3n) is 3.34. The Hall–Kier alpha value is -1.24. The summed E-state index contributed by atoms with van der Waals surface area (Å²) in [5.41, 5.74) is 0. The van der Waals surface area contributed by atoms with E-state index in [4.69, 9.17) is 16.5 Å². The molecule has 0 radical (unpaired) electrons. The Bertz CT molecular complexity index is 438. The Morgan fingerprint density at radius 3 is 2.85 bits per heavy atom. The molecule has 1 saturated heterocycles. The predicted octanol–water partition coefficient (Wildman–Crippen LogP) is 2.09. The second-order valence-electron chi connectivity index (χ2n) is 4.80. The summed E-state index contributed by atoms with van der Waals surface area (Å²) in [6.45, 7) is 1.45. The molecule has 5 nitrogen and oxygen atoms in total. The van der Waals surface area contributed by atoms with Crippen molar-refractivity contribution < 1.29 is 13.9 Å². The lowest BCUT2D eigenvalue weighted by molar-refractivity contribution is -0.118. The van der Waals surface area contributed by atoms with Crippen LogP contribution in [0.3, 0.4) is 0 Å². The minimum atomic E-state index is -0.508. The maximum Gasteiger partial charge on any atom is 0.243 e. The average molecular weight is 302 g/mol. The smallest absolute Gasteiger partial charge is 0.243 e. The summed E-state index contributed by atoms with van der Waals surface area (Å²) in [4.78, 5) is 18.4. The van der Waals surface area contributed by atoms with Crippen molar-refractivity contribution in [3.05, 3.63) is 24.1 Å². The summed E-state index contributed by atoms with van der Waals surface area (Å²) in [6.07, 6.45) is 3.55. The summed E-state index contributed by atoms with van der Waals surface area (Å²) >= 11 is 5.65. The van der Waals surface area contributed by atoms with Crippen LogP contribution < -0.4 is 10.2 Å². The maximum absolute atomic E-state index is 12.7. The lowest BCUT2D eigenvalue weighted by Gasteiger charge is -2.25. The number of hydrogen-bond acceptors (Lipinski definition) is 4. The van der Waals surface area contributed by atoms with Crippen LogP contribution >= 0.6 is 11.8 Å². The molecule has 0 saturated carbocycles. The van der Waals surface area contributed by atoms with Gasteiger partial charge in [-0.3, -0.25) is 4.79 Å². The number of anilines is 1. The zero-order valence-electron chi connectivity index (χ0n) is 10.9. The summed E-state index contributed by atoms with van der Waals surface area (Å²) in [6, 6.07) is 2.14. The van der Waals surface area contributed by atoms with Gasteiger partial charge in [0.2, 0.25) is 5.91 Å². The summed E-state index contributed by atoms with van der Waals surface area (Å²) < 4.78 is 18.0. The van der Waals surface area contributed by atoms with E-state index in [0.717, 1.165) is 32.3 Å². The molecule has 1 amide bonds. The largest absolute Gasteiger partial charge is 0.381 e. The number of carbonyl (C=O) groups is 1. The van der Waals surface area contributed by atoms with E-state index in [1.807, 2.05) is 0 Å².